The summed E-state index contributed by atoms with van der Waals surface area (Å²) in [6.45, 7) is 1.38. The predicted molar refractivity (Wildman–Crippen MR) is 57.5 cm³/mol. The van der Waals surface area contributed by atoms with Crippen LogP contribution in [0.25, 0.3) is 10.4 Å². The molecule has 0 unspecified atom stereocenters. The van der Waals surface area contributed by atoms with Crippen LogP contribution in [-0.2, 0) is 4.79 Å². The highest BCUT2D eigenvalue weighted by molar-refractivity contribution is 5.78. The van der Waals surface area contributed by atoms with E-state index in [0.717, 1.165) is 19.3 Å². The second kappa shape index (κ2) is 4.31. The maximum absolute atomic E-state index is 11.7. The first-order valence-electron chi connectivity index (χ1n) is 5.61. The molecule has 1 aliphatic heterocycles. The molecule has 1 N–H and O–H groups in total. The number of azide groups is 1. The Hall–Kier alpha value is -1.26. The van der Waals surface area contributed by atoms with Crippen LogP contribution in [-0.4, -0.2) is 42.2 Å². The Morgan fingerprint density at radius 1 is 1.69 bits per heavy atom. The molecule has 2 fully saturated rings. The van der Waals surface area contributed by atoms with Crippen LogP contribution in [0.1, 0.15) is 19.3 Å². The first kappa shape index (κ1) is 11.2. The van der Waals surface area contributed by atoms with Crippen molar-refractivity contribution in [3.8, 4) is 0 Å². The van der Waals surface area contributed by atoms with Crippen molar-refractivity contribution < 1.29 is 9.90 Å². The van der Waals surface area contributed by atoms with Crippen molar-refractivity contribution in [2.45, 2.75) is 19.3 Å². The van der Waals surface area contributed by atoms with Gasteiger partial charge in [-0.25, -0.2) is 0 Å². The number of fused-ring (bicyclic) bond motifs is 1. The summed E-state index contributed by atoms with van der Waals surface area (Å²) in [7, 11) is 0. The molecule has 0 aromatic heterocycles. The highest BCUT2D eigenvalue weighted by atomic mass is 16.3. The molecule has 6 nitrogen and oxygen atoms in total. The highest BCUT2D eigenvalue weighted by Gasteiger charge is 2.49. The lowest BCUT2D eigenvalue weighted by molar-refractivity contribution is -0.129. The van der Waals surface area contributed by atoms with Crippen molar-refractivity contribution in [2.75, 3.05) is 26.2 Å². The van der Waals surface area contributed by atoms with E-state index in [0.29, 0.717) is 19.0 Å². The lowest BCUT2D eigenvalue weighted by Gasteiger charge is -2.25. The van der Waals surface area contributed by atoms with E-state index in [-0.39, 0.29) is 24.5 Å². The number of aliphatic hydroxyl groups excluding tert-OH is 1. The Kier molecular flexibility index (Phi) is 3.03. The summed E-state index contributed by atoms with van der Waals surface area (Å²) < 4.78 is 0. The van der Waals surface area contributed by atoms with Crippen LogP contribution in [0.4, 0.5) is 0 Å². The second-order valence-corrected chi connectivity index (χ2v) is 4.77. The summed E-state index contributed by atoms with van der Waals surface area (Å²) in [5.74, 6) is 0.299. The van der Waals surface area contributed by atoms with Gasteiger partial charge in [-0.15, -0.1) is 0 Å². The molecule has 1 saturated carbocycles. The first-order chi connectivity index (χ1) is 7.72. The SMILES string of the molecule is [N-]=[N+]=NCC(=O)N1C[C@@H]2CCC[C@]2(CO)C1. The van der Waals surface area contributed by atoms with Gasteiger partial charge in [0.05, 0.1) is 6.61 Å². The van der Waals surface area contributed by atoms with Crippen molar-refractivity contribution in [3.63, 3.8) is 0 Å². The zero-order valence-corrected chi connectivity index (χ0v) is 9.17. The summed E-state index contributed by atoms with van der Waals surface area (Å²) in [4.78, 5) is 16.0. The number of hydrogen-bond donors (Lipinski definition) is 1. The number of nitrogens with zero attached hydrogens (tertiary/aromatic N) is 4. The Balaban J connectivity index is 2.02. The van der Waals surface area contributed by atoms with Crippen LogP contribution in [0.3, 0.4) is 0 Å². The maximum atomic E-state index is 11.7. The molecule has 0 radical (unpaired) electrons. The number of rotatable bonds is 3. The van der Waals surface area contributed by atoms with E-state index in [1.165, 1.54) is 0 Å². The van der Waals surface area contributed by atoms with Gasteiger partial charge < -0.3 is 10.0 Å². The molecule has 0 aromatic rings. The number of amides is 1. The van der Waals surface area contributed by atoms with Crippen molar-refractivity contribution in [1.29, 1.82) is 0 Å². The second-order valence-electron chi connectivity index (χ2n) is 4.77. The minimum absolute atomic E-state index is 0.0774. The van der Waals surface area contributed by atoms with Gasteiger partial charge in [0.1, 0.15) is 6.54 Å². The molecule has 88 valence electrons. The van der Waals surface area contributed by atoms with Gasteiger partial charge in [-0.05, 0) is 24.3 Å². The summed E-state index contributed by atoms with van der Waals surface area (Å²) in [6.07, 6.45) is 3.23. The number of carbonyl (C=O) groups is 1. The van der Waals surface area contributed by atoms with E-state index in [1.807, 2.05) is 0 Å². The molecule has 2 rings (SSSR count). The molecule has 1 amide bonds. The first-order valence-corrected chi connectivity index (χ1v) is 5.61. The third-order valence-corrected chi connectivity index (χ3v) is 3.98. The molecule has 1 aliphatic carbocycles. The molecular weight excluding hydrogens is 208 g/mol. The molecule has 1 heterocycles. The van der Waals surface area contributed by atoms with Gasteiger partial charge in [-0.1, -0.05) is 11.5 Å². The molecule has 2 aliphatic rings. The predicted octanol–water partition coefficient (Wildman–Crippen LogP) is 0.918. The fourth-order valence-electron chi connectivity index (χ4n) is 3.05. The Morgan fingerprint density at radius 3 is 3.12 bits per heavy atom. The van der Waals surface area contributed by atoms with Gasteiger partial charge >= 0.3 is 0 Å². The lowest BCUT2D eigenvalue weighted by Crippen LogP contribution is -2.34. The molecular formula is C10H16N4O2. The average molecular weight is 224 g/mol. The fourth-order valence-corrected chi connectivity index (χ4v) is 3.05. The normalized spacial score (nSPS) is 32.3. The zero-order chi connectivity index (χ0) is 11.6. The summed E-state index contributed by atoms with van der Waals surface area (Å²) in [6, 6.07) is 0. The number of likely N-dealkylation sites (tertiary alicyclic amines) is 1. The highest BCUT2D eigenvalue weighted by Crippen LogP contribution is 2.48. The van der Waals surface area contributed by atoms with Crippen LogP contribution < -0.4 is 0 Å². The number of carbonyl (C=O) groups excluding carboxylic acids is 1. The van der Waals surface area contributed by atoms with Gasteiger partial charge in [0, 0.05) is 23.4 Å². The standard InChI is InChI=1S/C10H16N4O2/c11-13-12-4-9(16)14-5-8-2-1-3-10(8,6-14)7-15/h8,15H,1-7H2/t8-,10+/m0/s1. The van der Waals surface area contributed by atoms with E-state index in [9.17, 15) is 9.90 Å². The van der Waals surface area contributed by atoms with E-state index < -0.39 is 0 Å². The molecule has 1 saturated heterocycles. The number of hydrogen-bond acceptors (Lipinski definition) is 3. The molecule has 2 atom stereocenters. The quantitative estimate of drug-likeness (QED) is 0.438. The van der Waals surface area contributed by atoms with Gasteiger partial charge in [-0.2, -0.15) is 0 Å². The van der Waals surface area contributed by atoms with E-state index in [1.54, 1.807) is 4.90 Å². The zero-order valence-electron chi connectivity index (χ0n) is 9.17. The monoisotopic (exact) mass is 224 g/mol. The minimum atomic E-state index is -0.125. The van der Waals surface area contributed by atoms with Crippen molar-refractivity contribution in [1.82, 2.24) is 4.90 Å². The Labute approximate surface area is 93.9 Å². The van der Waals surface area contributed by atoms with Crippen LogP contribution >= 0.6 is 0 Å². The van der Waals surface area contributed by atoms with E-state index in [2.05, 4.69) is 10.0 Å². The van der Waals surface area contributed by atoms with Gasteiger partial charge in [-0.3, -0.25) is 4.79 Å². The van der Waals surface area contributed by atoms with Crippen molar-refractivity contribution >= 4 is 5.91 Å². The van der Waals surface area contributed by atoms with Crippen LogP contribution in [0.5, 0.6) is 0 Å². The van der Waals surface area contributed by atoms with Gasteiger partial charge in [0.2, 0.25) is 5.91 Å². The molecule has 6 heteroatoms. The Bertz CT molecular complexity index is 340. The van der Waals surface area contributed by atoms with Crippen LogP contribution in [0, 0.1) is 11.3 Å². The van der Waals surface area contributed by atoms with E-state index in [4.69, 9.17) is 5.53 Å². The van der Waals surface area contributed by atoms with Crippen molar-refractivity contribution in [2.24, 2.45) is 16.4 Å². The summed E-state index contributed by atoms with van der Waals surface area (Å²) in [5.41, 5.74) is 8.09. The Morgan fingerprint density at radius 2 is 2.50 bits per heavy atom. The largest absolute Gasteiger partial charge is 0.396 e. The van der Waals surface area contributed by atoms with Crippen LogP contribution in [0.15, 0.2) is 5.11 Å². The summed E-state index contributed by atoms with van der Waals surface area (Å²) in [5, 5.41) is 12.8. The molecule has 16 heavy (non-hydrogen) atoms. The number of aliphatic hydroxyl groups is 1. The van der Waals surface area contributed by atoms with Gasteiger partial charge in [0.15, 0.2) is 0 Å². The molecule has 0 aromatic carbocycles. The maximum Gasteiger partial charge on any atom is 0.228 e. The van der Waals surface area contributed by atoms with Gasteiger partial charge in [0.25, 0.3) is 0 Å². The van der Waals surface area contributed by atoms with E-state index >= 15 is 0 Å². The van der Waals surface area contributed by atoms with Crippen LogP contribution in [0.2, 0.25) is 0 Å². The molecule has 0 bridgehead atoms. The smallest absolute Gasteiger partial charge is 0.228 e. The average Bonchev–Trinajstić information content (AvgIpc) is 2.82. The molecule has 0 spiro atoms. The fraction of sp³-hybridized carbons (Fsp3) is 0.900. The minimum Gasteiger partial charge on any atom is -0.396 e. The van der Waals surface area contributed by atoms with Crippen molar-refractivity contribution in [3.05, 3.63) is 10.4 Å². The third kappa shape index (κ3) is 1.74. The third-order valence-electron chi connectivity index (χ3n) is 3.98. The summed E-state index contributed by atoms with van der Waals surface area (Å²) >= 11 is 0. The topological polar surface area (TPSA) is 89.3 Å². The lowest BCUT2D eigenvalue weighted by atomic mass is 9.82.